The molecule has 4 rings (SSSR count). The monoisotopic (exact) mass is 381 g/mol. The van der Waals surface area contributed by atoms with E-state index in [1.54, 1.807) is 18.3 Å². The van der Waals surface area contributed by atoms with Crippen LogP contribution in [0.15, 0.2) is 24.3 Å². The molecule has 3 aromatic rings. The molecular formula is C21H23N3O2S. The summed E-state index contributed by atoms with van der Waals surface area (Å²) in [7, 11) is 0. The summed E-state index contributed by atoms with van der Waals surface area (Å²) in [5.74, 6) is 0.240. The van der Waals surface area contributed by atoms with Crippen molar-refractivity contribution in [2.45, 2.75) is 39.5 Å². The average molecular weight is 382 g/mol. The molecule has 0 saturated carbocycles. The van der Waals surface area contributed by atoms with Gasteiger partial charge in [0.05, 0.1) is 15.2 Å². The highest BCUT2D eigenvalue weighted by Gasteiger charge is 2.30. The van der Waals surface area contributed by atoms with Crippen LogP contribution in [0.5, 0.6) is 0 Å². The molecule has 0 spiro atoms. The molecule has 1 N–H and O–H groups in total. The number of nitrogens with one attached hydrogen (secondary N) is 1. The summed E-state index contributed by atoms with van der Waals surface area (Å²) in [5, 5.41) is 1.11. The molecule has 0 radical (unpaired) electrons. The van der Waals surface area contributed by atoms with E-state index in [2.05, 4.69) is 11.1 Å². The second kappa shape index (κ2) is 6.93. The number of aromatic nitrogens is 2. The van der Waals surface area contributed by atoms with Gasteiger partial charge < -0.3 is 9.88 Å². The maximum absolute atomic E-state index is 13.1. The number of H-pyrrole nitrogens is 1. The minimum absolute atomic E-state index is 0.00806. The van der Waals surface area contributed by atoms with Gasteiger partial charge in [-0.3, -0.25) is 9.59 Å². The Morgan fingerprint density at radius 3 is 2.74 bits per heavy atom. The minimum Gasteiger partial charge on any atom is -0.354 e. The zero-order valence-electron chi connectivity index (χ0n) is 15.8. The van der Waals surface area contributed by atoms with Crippen molar-refractivity contribution in [2.75, 3.05) is 13.1 Å². The van der Waals surface area contributed by atoms with E-state index in [1.165, 1.54) is 4.70 Å². The highest BCUT2D eigenvalue weighted by Crippen LogP contribution is 2.33. The van der Waals surface area contributed by atoms with Gasteiger partial charge in [0.15, 0.2) is 5.78 Å². The van der Waals surface area contributed by atoms with Crippen molar-refractivity contribution in [3.05, 3.63) is 51.8 Å². The third-order valence-electron chi connectivity index (χ3n) is 5.37. The molecule has 1 aromatic carbocycles. The zero-order valence-corrected chi connectivity index (χ0v) is 16.7. The van der Waals surface area contributed by atoms with Crippen LogP contribution in [0.4, 0.5) is 0 Å². The highest BCUT2D eigenvalue weighted by molar-refractivity contribution is 7.18. The standard InChI is InChI=1S/C21H23N3O2S/c1-12-18(14(3)25)13(2)22-19(12)21(26)24-10-6-7-15(11-24)20-23-16-8-4-5-9-17(16)27-20/h4-5,8-9,15,22H,6-7,10-11H2,1-3H3/t15-/m1/s1. The Hall–Kier alpha value is -2.47. The van der Waals surface area contributed by atoms with Crippen molar-refractivity contribution in [1.82, 2.24) is 14.9 Å². The van der Waals surface area contributed by atoms with Gasteiger partial charge >= 0.3 is 0 Å². The van der Waals surface area contributed by atoms with Crippen LogP contribution in [-0.2, 0) is 0 Å². The number of amides is 1. The van der Waals surface area contributed by atoms with Crippen LogP contribution in [0, 0.1) is 13.8 Å². The predicted molar refractivity (Wildman–Crippen MR) is 108 cm³/mol. The summed E-state index contributed by atoms with van der Waals surface area (Å²) in [5.41, 5.74) is 3.74. The number of para-hydroxylation sites is 1. The Labute approximate surface area is 162 Å². The highest BCUT2D eigenvalue weighted by atomic mass is 32.1. The second-order valence-electron chi connectivity index (χ2n) is 7.29. The average Bonchev–Trinajstić information content (AvgIpc) is 3.22. The maximum atomic E-state index is 13.1. The summed E-state index contributed by atoms with van der Waals surface area (Å²) in [6, 6.07) is 8.17. The lowest BCUT2D eigenvalue weighted by Crippen LogP contribution is -2.39. The molecule has 5 nitrogen and oxygen atoms in total. The number of hydrogen-bond donors (Lipinski definition) is 1. The predicted octanol–water partition coefficient (Wildman–Crippen LogP) is 4.46. The van der Waals surface area contributed by atoms with E-state index >= 15 is 0 Å². The molecule has 0 aliphatic carbocycles. The van der Waals surface area contributed by atoms with Crippen LogP contribution in [-0.4, -0.2) is 39.6 Å². The zero-order chi connectivity index (χ0) is 19.1. The van der Waals surface area contributed by atoms with Crippen molar-refractivity contribution in [2.24, 2.45) is 0 Å². The fraction of sp³-hybridized carbons (Fsp3) is 0.381. The number of thiazole rings is 1. The largest absolute Gasteiger partial charge is 0.354 e. The lowest BCUT2D eigenvalue weighted by atomic mass is 9.98. The summed E-state index contributed by atoms with van der Waals surface area (Å²) in [4.78, 5) is 34.8. The van der Waals surface area contributed by atoms with E-state index in [0.29, 0.717) is 17.8 Å². The molecule has 0 unspecified atom stereocenters. The molecule has 1 aliphatic rings. The number of likely N-dealkylation sites (tertiary alicyclic amines) is 1. The Balaban J connectivity index is 1.58. The van der Waals surface area contributed by atoms with Crippen LogP contribution in [0.3, 0.4) is 0 Å². The van der Waals surface area contributed by atoms with Gasteiger partial charge in [-0.05, 0) is 51.3 Å². The lowest BCUT2D eigenvalue weighted by molar-refractivity contribution is 0.0701. The Morgan fingerprint density at radius 2 is 2.04 bits per heavy atom. The summed E-state index contributed by atoms with van der Waals surface area (Å²) >= 11 is 1.73. The van der Waals surface area contributed by atoms with Crippen molar-refractivity contribution in [3.63, 3.8) is 0 Å². The van der Waals surface area contributed by atoms with Crippen LogP contribution >= 0.6 is 11.3 Å². The molecule has 27 heavy (non-hydrogen) atoms. The van der Waals surface area contributed by atoms with E-state index in [1.807, 2.05) is 36.9 Å². The number of aromatic amines is 1. The second-order valence-corrected chi connectivity index (χ2v) is 8.35. The van der Waals surface area contributed by atoms with E-state index < -0.39 is 0 Å². The molecule has 0 bridgehead atoms. The number of carbonyl (C=O) groups excluding carboxylic acids is 2. The smallest absolute Gasteiger partial charge is 0.270 e. The van der Waals surface area contributed by atoms with Crippen LogP contribution in [0.25, 0.3) is 10.2 Å². The molecule has 2 aromatic heterocycles. The number of nitrogens with zero attached hydrogens (tertiary/aromatic N) is 2. The van der Waals surface area contributed by atoms with E-state index in [0.717, 1.165) is 41.2 Å². The number of fused-ring (bicyclic) bond motifs is 1. The van der Waals surface area contributed by atoms with Crippen molar-refractivity contribution in [1.29, 1.82) is 0 Å². The van der Waals surface area contributed by atoms with Gasteiger partial charge in [-0.2, -0.15) is 0 Å². The molecular weight excluding hydrogens is 358 g/mol. The van der Waals surface area contributed by atoms with Crippen LogP contribution < -0.4 is 0 Å². The first-order chi connectivity index (χ1) is 13.0. The molecule has 3 heterocycles. The maximum Gasteiger partial charge on any atom is 0.270 e. The van der Waals surface area contributed by atoms with Gasteiger partial charge in [-0.1, -0.05) is 12.1 Å². The number of carbonyl (C=O) groups is 2. The van der Waals surface area contributed by atoms with E-state index in [4.69, 9.17) is 4.98 Å². The molecule has 6 heteroatoms. The first-order valence-electron chi connectivity index (χ1n) is 9.30. The van der Waals surface area contributed by atoms with Gasteiger partial charge in [0.2, 0.25) is 0 Å². The topological polar surface area (TPSA) is 66.1 Å². The number of ketones is 1. The Morgan fingerprint density at radius 1 is 1.26 bits per heavy atom. The first kappa shape index (κ1) is 17.9. The minimum atomic E-state index is -0.0195. The summed E-state index contributed by atoms with van der Waals surface area (Å²) in [6.45, 7) is 6.66. The summed E-state index contributed by atoms with van der Waals surface area (Å²) < 4.78 is 1.19. The van der Waals surface area contributed by atoms with Gasteiger partial charge in [-0.25, -0.2) is 4.98 Å². The Kier molecular flexibility index (Phi) is 4.60. The van der Waals surface area contributed by atoms with Gasteiger partial charge in [0.1, 0.15) is 5.69 Å². The lowest BCUT2D eigenvalue weighted by Gasteiger charge is -2.31. The molecule has 1 amide bonds. The molecule has 1 saturated heterocycles. The SMILES string of the molecule is CC(=O)c1c(C)[nH]c(C(=O)N2CCC[C@@H](c3nc4ccccc4s3)C2)c1C. The number of benzene rings is 1. The molecule has 1 aliphatic heterocycles. The number of piperidine rings is 1. The number of rotatable bonds is 3. The van der Waals surface area contributed by atoms with Gasteiger partial charge in [0.25, 0.3) is 5.91 Å². The van der Waals surface area contributed by atoms with Crippen LogP contribution in [0.1, 0.15) is 62.8 Å². The summed E-state index contributed by atoms with van der Waals surface area (Å²) in [6.07, 6.45) is 2.01. The fourth-order valence-electron chi connectivity index (χ4n) is 4.08. The molecule has 1 fully saturated rings. The van der Waals surface area contributed by atoms with Gasteiger partial charge in [-0.15, -0.1) is 11.3 Å². The number of hydrogen-bond acceptors (Lipinski definition) is 4. The number of aryl methyl sites for hydroxylation is 1. The molecule has 140 valence electrons. The number of Topliss-reactive ketones (excluding diaryl/α,β-unsaturated/α-hetero) is 1. The van der Waals surface area contributed by atoms with Gasteiger partial charge in [0, 0.05) is 30.3 Å². The normalized spacial score (nSPS) is 17.4. The van der Waals surface area contributed by atoms with Crippen molar-refractivity contribution in [3.8, 4) is 0 Å². The third kappa shape index (κ3) is 3.18. The molecule has 1 atom stereocenters. The van der Waals surface area contributed by atoms with Crippen molar-refractivity contribution < 1.29 is 9.59 Å². The fourth-order valence-corrected chi connectivity index (χ4v) is 5.17. The third-order valence-corrected chi connectivity index (χ3v) is 6.57. The Bertz CT molecular complexity index is 1000. The van der Waals surface area contributed by atoms with Crippen molar-refractivity contribution >= 4 is 33.2 Å². The van der Waals surface area contributed by atoms with E-state index in [9.17, 15) is 9.59 Å². The van der Waals surface area contributed by atoms with Crippen LogP contribution in [0.2, 0.25) is 0 Å². The quantitative estimate of drug-likeness (QED) is 0.681. The first-order valence-corrected chi connectivity index (χ1v) is 10.1. The van der Waals surface area contributed by atoms with E-state index in [-0.39, 0.29) is 17.6 Å².